The van der Waals surface area contributed by atoms with Crippen molar-refractivity contribution in [3.8, 4) is 0 Å². The summed E-state index contributed by atoms with van der Waals surface area (Å²) in [7, 11) is -7.57. The fourth-order valence-corrected chi connectivity index (χ4v) is 7.53. The number of hydrogen-bond acceptors (Lipinski definition) is 6. The lowest BCUT2D eigenvalue weighted by atomic mass is 9.92. The molecular formula is C24H38N4O6S2. The Morgan fingerprint density at radius 3 is 2.06 bits per heavy atom. The summed E-state index contributed by atoms with van der Waals surface area (Å²) in [6.07, 6.45) is 1.13. The molecule has 3 rings (SSSR count). The minimum Gasteiger partial charge on any atom is -0.350 e. The van der Waals surface area contributed by atoms with Crippen molar-refractivity contribution in [3.63, 3.8) is 0 Å². The number of amides is 2. The molecule has 2 aliphatic rings. The molecule has 1 N–H and O–H groups in total. The highest BCUT2D eigenvalue weighted by Gasteiger charge is 2.39. The Kier molecular flexibility index (Phi) is 8.54. The highest BCUT2D eigenvalue weighted by molar-refractivity contribution is 7.89. The number of hydrogen-bond donors (Lipinski definition) is 1. The summed E-state index contributed by atoms with van der Waals surface area (Å²) in [6.45, 7) is 11.0. The molecule has 36 heavy (non-hydrogen) atoms. The Bertz CT molecular complexity index is 1170. The molecule has 0 aromatic heterocycles. The van der Waals surface area contributed by atoms with E-state index in [0.29, 0.717) is 45.6 Å². The van der Waals surface area contributed by atoms with Crippen LogP contribution in [-0.4, -0.2) is 87.5 Å². The number of benzene rings is 1. The van der Waals surface area contributed by atoms with Gasteiger partial charge >= 0.3 is 0 Å². The molecule has 2 heterocycles. The number of likely N-dealkylation sites (tertiary alicyclic amines) is 1. The zero-order valence-corrected chi connectivity index (χ0v) is 23.4. The van der Waals surface area contributed by atoms with Crippen LogP contribution in [0.25, 0.3) is 0 Å². The molecule has 0 aliphatic carbocycles. The fraction of sp³-hybridized carbons (Fsp3) is 0.667. The molecule has 1 atom stereocenters. The molecule has 2 aliphatic heterocycles. The van der Waals surface area contributed by atoms with E-state index in [9.17, 15) is 26.4 Å². The lowest BCUT2D eigenvalue weighted by Crippen LogP contribution is -2.63. The van der Waals surface area contributed by atoms with Gasteiger partial charge in [0.15, 0.2) is 0 Å². The first kappa shape index (κ1) is 28.5. The van der Waals surface area contributed by atoms with E-state index < -0.39 is 31.4 Å². The van der Waals surface area contributed by atoms with Gasteiger partial charge in [0.2, 0.25) is 31.9 Å². The smallest absolute Gasteiger partial charge is 0.243 e. The molecule has 10 nitrogen and oxygen atoms in total. The number of piperidine rings is 1. The van der Waals surface area contributed by atoms with Gasteiger partial charge < -0.3 is 10.2 Å². The Hall–Kier alpha value is -2.02. The van der Waals surface area contributed by atoms with E-state index in [4.69, 9.17) is 0 Å². The van der Waals surface area contributed by atoms with Crippen LogP contribution in [0.5, 0.6) is 0 Å². The van der Waals surface area contributed by atoms with Crippen LogP contribution < -0.4 is 5.32 Å². The molecule has 202 valence electrons. The average Bonchev–Trinajstić information content (AvgIpc) is 2.80. The molecule has 2 amide bonds. The van der Waals surface area contributed by atoms with E-state index in [0.717, 1.165) is 0 Å². The molecule has 0 radical (unpaired) electrons. The Morgan fingerprint density at radius 2 is 1.53 bits per heavy atom. The van der Waals surface area contributed by atoms with Gasteiger partial charge in [0.05, 0.1) is 21.8 Å². The van der Waals surface area contributed by atoms with Gasteiger partial charge in [0.25, 0.3) is 0 Å². The highest BCUT2D eigenvalue weighted by Crippen LogP contribution is 2.26. The van der Waals surface area contributed by atoms with Gasteiger partial charge in [0.1, 0.15) is 0 Å². The number of carbonyl (C=O) groups is 2. The monoisotopic (exact) mass is 542 g/mol. The molecule has 2 fully saturated rings. The van der Waals surface area contributed by atoms with Crippen LogP contribution in [0.15, 0.2) is 34.1 Å². The first-order valence-electron chi connectivity index (χ1n) is 12.4. The van der Waals surface area contributed by atoms with Gasteiger partial charge in [0, 0.05) is 44.7 Å². The lowest BCUT2D eigenvalue weighted by molar-refractivity contribution is -0.146. The molecule has 1 aromatic carbocycles. The third kappa shape index (κ3) is 5.92. The second kappa shape index (κ2) is 10.8. The van der Waals surface area contributed by atoms with Crippen LogP contribution in [-0.2, 0) is 29.6 Å². The van der Waals surface area contributed by atoms with Crippen molar-refractivity contribution in [2.24, 2.45) is 11.3 Å². The summed E-state index contributed by atoms with van der Waals surface area (Å²) >= 11 is 0. The molecule has 2 saturated heterocycles. The average molecular weight is 543 g/mol. The topological polar surface area (TPSA) is 124 Å². The zero-order valence-electron chi connectivity index (χ0n) is 21.7. The van der Waals surface area contributed by atoms with Crippen LogP contribution in [0.4, 0.5) is 0 Å². The SMILES string of the molecule is CCN(CC)S(=O)(=O)c1ccc(S(=O)(=O)N2CCCC(C(=O)NC3CN(C(=O)C(C)(C)C)C3)C2)cc1. The van der Waals surface area contributed by atoms with Gasteiger partial charge in [-0.3, -0.25) is 9.59 Å². The molecule has 1 aromatic rings. The highest BCUT2D eigenvalue weighted by atomic mass is 32.2. The van der Waals surface area contributed by atoms with Crippen LogP contribution in [0.3, 0.4) is 0 Å². The van der Waals surface area contributed by atoms with Crippen molar-refractivity contribution in [2.45, 2.75) is 63.3 Å². The zero-order chi connectivity index (χ0) is 26.9. The van der Waals surface area contributed by atoms with Crippen molar-refractivity contribution in [1.29, 1.82) is 0 Å². The van der Waals surface area contributed by atoms with Crippen molar-refractivity contribution in [1.82, 2.24) is 18.8 Å². The maximum absolute atomic E-state index is 13.3. The van der Waals surface area contributed by atoms with E-state index in [1.165, 1.54) is 32.9 Å². The van der Waals surface area contributed by atoms with E-state index in [1.807, 2.05) is 20.8 Å². The van der Waals surface area contributed by atoms with Gasteiger partial charge in [-0.2, -0.15) is 8.61 Å². The van der Waals surface area contributed by atoms with Gasteiger partial charge in [-0.25, -0.2) is 16.8 Å². The predicted octanol–water partition coefficient (Wildman–Crippen LogP) is 1.49. The second-order valence-electron chi connectivity index (χ2n) is 10.4. The third-order valence-corrected chi connectivity index (χ3v) is 10.7. The van der Waals surface area contributed by atoms with Gasteiger partial charge in [-0.1, -0.05) is 34.6 Å². The quantitative estimate of drug-likeness (QED) is 0.531. The number of sulfonamides is 2. The molecular weight excluding hydrogens is 504 g/mol. The summed E-state index contributed by atoms with van der Waals surface area (Å²) in [5.41, 5.74) is -0.471. The third-order valence-electron chi connectivity index (χ3n) is 6.72. The van der Waals surface area contributed by atoms with E-state index >= 15 is 0 Å². The van der Waals surface area contributed by atoms with E-state index in [2.05, 4.69) is 5.32 Å². The van der Waals surface area contributed by atoms with Crippen LogP contribution in [0.2, 0.25) is 0 Å². The Morgan fingerprint density at radius 1 is 0.972 bits per heavy atom. The minimum atomic E-state index is -3.89. The first-order valence-corrected chi connectivity index (χ1v) is 15.3. The molecule has 0 bridgehead atoms. The molecule has 1 unspecified atom stereocenters. The summed E-state index contributed by atoms with van der Waals surface area (Å²) in [4.78, 5) is 26.9. The molecule has 0 saturated carbocycles. The molecule has 0 spiro atoms. The van der Waals surface area contributed by atoms with E-state index in [-0.39, 0.29) is 34.2 Å². The summed E-state index contributed by atoms with van der Waals surface area (Å²) in [5.74, 6) is -0.648. The van der Waals surface area contributed by atoms with Crippen molar-refractivity contribution >= 4 is 31.9 Å². The van der Waals surface area contributed by atoms with Crippen LogP contribution in [0, 0.1) is 11.3 Å². The first-order chi connectivity index (χ1) is 16.7. The number of rotatable bonds is 8. The summed E-state index contributed by atoms with van der Waals surface area (Å²) in [6, 6.07) is 5.12. The summed E-state index contributed by atoms with van der Waals surface area (Å²) < 4.78 is 54.5. The minimum absolute atomic E-state index is 0.00242. The largest absolute Gasteiger partial charge is 0.350 e. The van der Waals surface area contributed by atoms with Gasteiger partial charge in [-0.05, 0) is 37.1 Å². The van der Waals surface area contributed by atoms with Crippen molar-refractivity contribution in [2.75, 3.05) is 39.3 Å². The van der Waals surface area contributed by atoms with Crippen molar-refractivity contribution < 1.29 is 26.4 Å². The Balaban J connectivity index is 1.63. The van der Waals surface area contributed by atoms with Crippen LogP contribution in [0.1, 0.15) is 47.5 Å². The number of nitrogens with one attached hydrogen (secondary N) is 1. The predicted molar refractivity (Wildman–Crippen MR) is 136 cm³/mol. The Labute approximate surface area is 215 Å². The van der Waals surface area contributed by atoms with Gasteiger partial charge in [-0.15, -0.1) is 0 Å². The summed E-state index contributed by atoms with van der Waals surface area (Å²) in [5, 5.41) is 2.95. The standard InChI is InChI=1S/C24H38N4O6S2/c1-6-27(7-2)35(31,32)20-10-12-21(13-11-20)36(33,34)28-14-8-9-18(15-28)22(29)25-19-16-26(17-19)23(30)24(3,4)5/h10-13,18-19H,6-9,14-17H2,1-5H3,(H,25,29). The normalized spacial score (nSPS) is 20.3. The fourth-order valence-electron chi connectivity index (χ4n) is 4.55. The number of nitrogens with zero attached hydrogens (tertiary/aromatic N) is 3. The maximum atomic E-state index is 13.3. The number of carbonyl (C=O) groups excluding carboxylic acids is 2. The molecule has 12 heteroatoms. The van der Waals surface area contributed by atoms with E-state index in [1.54, 1.807) is 18.7 Å². The van der Waals surface area contributed by atoms with Crippen molar-refractivity contribution in [3.05, 3.63) is 24.3 Å². The van der Waals surface area contributed by atoms with Crippen LogP contribution >= 0.6 is 0 Å². The lowest BCUT2D eigenvalue weighted by Gasteiger charge is -2.43. The maximum Gasteiger partial charge on any atom is 0.243 e. The second-order valence-corrected chi connectivity index (χ2v) is 14.3.